The molecular weight excluding hydrogens is 252 g/mol. The van der Waals surface area contributed by atoms with Crippen molar-refractivity contribution in [1.29, 1.82) is 0 Å². The fourth-order valence-corrected chi connectivity index (χ4v) is 2.59. The standard InChI is InChI=1S/C12H20N2O3S/c1-3-17-9-8-14(2)18(15,16)12-6-4-11(10-13)5-7-12/h4-7H,3,8-10,13H2,1-2H3. The van der Waals surface area contributed by atoms with Gasteiger partial charge in [-0.2, -0.15) is 4.31 Å². The molecule has 1 aromatic carbocycles. The quantitative estimate of drug-likeness (QED) is 0.745. The van der Waals surface area contributed by atoms with E-state index >= 15 is 0 Å². The zero-order valence-electron chi connectivity index (χ0n) is 10.8. The maximum absolute atomic E-state index is 12.2. The zero-order chi connectivity index (χ0) is 13.6. The van der Waals surface area contributed by atoms with Crippen molar-refractivity contribution in [3.8, 4) is 0 Å². The first-order chi connectivity index (χ1) is 8.52. The minimum absolute atomic E-state index is 0.277. The molecule has 1 rings (SSSR count). The van der Waals surface area contributed by atoms with Gasteiger partial charge >= 0.3 is 0 Å². The molecule has 0 aliphatic rings. The molecule has 0 heterocycles. The Labute approximate surface area is 109 Å². The lowest BCUT2D eigenvalue weighted by atomic mass is 10.2. The van der Waals surface area contributed by atoms with E-state index in [2.05, 4.69) is 0 Å². The van der Waals surface area contributed by atoms with Crippen LogP contribution in [0.1, 0.15) is 12.5 Å². The largest absolute Gasteiger partial charge is 0.380 e. The van der Waals surface area contributed by atoms with Gasteiger partial charge in [0.15, 0.2) is 0 Å². The molecule has 18 heavy (non-hydrogen) atoms. The maximum Gasteiger partial charge on any atom is 0.242 e. The number of hydrogen-bond donors (Lipinski definition) is 1. The molecule has 0 spiro atoms. The monoisotopic (exact) mass is 272 g/mol. The van der Waals surface area contributed by atoms with Gasteiger partial charge in [0, 0.05) is 26.7 Å². The second-order valence-corrected chi connectivity index (χ2v) is 5.92. The fraction of sp³-hybridized carbons (Fsp3) is 0.500. The summed E-state index contributed by atoms with van der Waals surface area (Å²) < 4.78 is 30.8. The lowest BCUT2D eigenvalue weighted by Crippen LogP contribution is -2.30. The number of ether oxygens (including phenoxy) is 1. The number of nitrogens with two attached hydrogens (primary N) is 1. The van der Waals surface area contributed by atoms with E-state index < -0.39 is 10.0 Å². The molecular formula is C12H20N2O3S. The Balaban J connectivity index is 2.77. The van der Waals surface area contributed by atoms with Crippen molar-refractivity contribution in [2.75, 3.05) is 26.8 Å². The molecule has 0 unspecified atom stereocenters. The van der Waals surface area contributed by atoms with Gasteiger partial charge in [-0.25, -0.2) is 8.42 Å². The highest BCUT2D eigenvalue weighted by Crippen LogP contribution is 2.14. The first-order valence-corrected chi connectivity index (χ1v) is 7.29. The highest BCUT2D eigenvalue weighted by atomic mass is 32.2. The molecule has 0 aliphatic carbocycles. The summed E-state index contributed by atoms with van der Waals surface area (Å²) in [6.45, 7) is 3.60. The van der Waals surface area contributed by atoms with Crippen LogP contribution in [0.15, 0.2) is 29.2 Å². The van der Waals surface area contributed by atoms with E-state index in [9.17, 15) is 8.42 Å². The van der Waals surface area contributed by atoms with Crippen LogP contribution < -0.4 is 5.73 Å². The smallest absolute Gasteiger partial charge is 0.242 e. The lowest BCUT2D eigenvalue weighted by molar-refractivity contribution is 0.138. The van der Waals surface area contributed by atoms with Crippen LogP contribution in [0, 0.1) is 0 Å². The van der Waals surface area contributed by atoms with Crippen LogP contribution in [0.3, 0.4) is 0 Å². The number of hydrogen-bond acceptors (Lipinski definition) is 4. The summed E-state index contributed by atoms with van der Waals surface area (Å²) in [7, 11) is -1.89. The van der Waals surface area contributed by atoms with Crippen molar-refractivity contribution in [2.45, 2.75) is 18.4 Å². The number of rotatable bonds is 7. The van der Waals surface area contributed by atoms with Gasteiger partial charge in [0.2, 0.25) is 10.0 Å². The molecule has 0 saturated heterocycles. The number of benzene rings is 1. The molecule has 5 nitrogen and oxygen atoms in total. The molecule has 0 fully saturated rings. The Bertz CT molecular complexity index is 457. The topological polar surface area (TPSA) is 72.6 Å². The number of sulfonamides is 1. The highest BCUT2D eigenvalue weighted by Gasteiger charge is 2.19. The zero-order valence-corrected chi connectivity index (χ0v) is 11.6. The summed E-state index contributed by atoms with van der Waals surface area (Å²) in [6.07, 6.45) is 0. The van der Waals surface area contributed by atoms with Gasteiger partial charge in [-0.1, -0.05) is 12.1 Å². The SMILES string of the molecule is CCOCCN(C)S(=O)(=O)c1ccc(CN)cc1. The summed E-state index contributed by atoms with van der Waals surface area (Å²) in [5, 5.41) is 0. The van der Waals surface area contributed by atoms with Gasteiger partial charge in [0.05, 0.1) is 11.5 Å². The molecule has 0 aromatic heterocycles. The second kappa shape index (κ2) is 6.84. The van der Waals surface area contributed by atoms with Crippen LogP contribution in [0.2, 0.25) is 0 Å². The van der Waals surface area contributed by atoms with Crippen molar-refractivity contribution < 1.29 is 13.2 Å². The van der Waals surface area contributed by atoms with E-state index in [1.165, 1.54) is 4.31 Å². The lowest BCUT2D eigenvalue weighted by Gasteiger charge is -2.17. The first-order valence-electron chi connectivity index (χ1n) is 5.85. The molecule has 1 aromatic rings. The maximum atomic E-state index is 12.2. The Hall–Kier alpha value is -0.950. The van der Waals surface area contributed by atoms with Gasteiger partial charge in [-0.15, -0.1) is 0 Å². The van der Waals surface area contributed by atoms with Crippen LogP contribution in [0.4, 0.5) is 0 Å². The summed E-state index contributed by atoms with van der Waals surface area (Å²) in [6, 6.07) is 6.61. The molecule has 2 N–H and O–H groups in total. The third-order valence-electron chi connectivity index (χ3n) is 2.62. The molecule has 0 radical (unpaired) electrons. The molecule has 0 aliphatic heterocycles. The molecule has 6 heteroatoms. The van der Waals surface area contributed by atoms with E-state index in [0.717, 1.165) is 5.56 Å². The number of likely N-dealkylation sites (N-methyl/N-ethyl adjacent to an activating group) is 1. The van der Waals surface area contributed by atoms with Crippen molar-refractivity contribution in [1.82, 2.24) is 4.31 Å². The van der Waals surface area contributed by atoms with Gasteiger partial charge in [-0.05, 0) is 24.6 Å². The predicted octanol–water partition coefficient (Wildman–Crippen LogP) is 0.802. The Morgan fingerprint density at radius 1 is 1.28 bits per heavy atom. The Morgan fingerprint density at radius 2 is 1.89 bits per heavy atom. The highest BCUT2D eigenvalue weighted by molar-refractivity contribution is 7.89. The van der Waals surface area contributed by atoms with Crippen molar-refractivity contribution in [2.24, 2.45) is 5.73 Å². The van der Waals surface area contributed by atoms with Crippen LogP contribution in [-0.4, -0.2) is 39.5 Å². The normalized spacial score (nSPS) is 12.0. The van der Waals surface area contributed by atoms with Gasteiger partial charge in [-0.3, -0.25) is 0 Å². The molecule has 0 atom stereocenters. The summed E-state index contributed by atoms with van der Waals surface area (Å²) in [5.74, 6) is 0. The molecule has 0 saturated carbocycles. The third-order valence-corrected chi connectivity index (χ3v) is 4.49. The van der Waals surface area contributed by atoms with Gasteiger partial charge < -0.3 is 10.5 Å². The van der Waals surface area contributed by atoms with E-state index in [-0.39, 0.29) is 4.90 Å². The molecule has 102 valence electrons. The van der Waals surface area contributed by atoms with Crippen LogP contribution >= 0.6 is 0 Å². The van der Waals surface area contributed by atoms with E-state index in [1.54, 1.807) is 31.3 Å². The van der Waals surface area contributed by atoms with Crippen molar-refractivity contribution >= 4 is 10.0 Å². The van der Waals surface area contributed by atoms with Gasteiger partial charge in [0.1, 0.15) is 0 Å². The summed E-state index contributed by atoms with van der Waals surface area (Å²) in [4.78, 5) is 0.277. The van der Waals surface area contributed by atoms with Crippen LogP contribution in [0.25, 0.3) is 0 Å². The average Bonchev–Trinajstić information content (AvgIpc) is 2.39. The Kier molecular flexibility index (Phi) is 5.74. The molecule has 0 amide bonds. The van der Waals surface area contributed by atoms with Crippen LogP contribution in [0.5, 0.6) is 0 Å². The van der Waals surface area contributed by atoms with E-state index in [4.69, 9.17) is 10.5 Å². The Morgan fingerprint density at radius 3 is 2.39 bits per heavy atom. The fourth-order valence-electron chi connectivity index (χ4n) is 1.44. The minimum Gasteiger partial charge on any atom is -0.380 e. The van der Waals surface area contributed by atoms with Crippen molar-refractivity contribution in [3.05, 3.63) is 29.8 Å². The summed E-state index contributed by atoms with van der Waals surface area (Å²) >= 11 is 0. The van der Waals surface area contributed by atoms with Gasteiger partial charge in [0.25, 0.3) is 0 Å². The summed E-state index contributed by atoms with van der Waals surface area (Å²) in [5.41, 5.74) is 6.38. The first kappa shape index (κ1) is 15.1. The molecule has 0 bridgehead atoms. The van der Waals surface area contributed by atoms with Crippen molar-refractivity contribution in [3.63, 3.8) is 0 Å². The average molecular weight is 272 g/mol. The minimum atomic E-state index is -3.43. The number of nitrogens with zero attached hydrogens (tertiary/aromatic N) is 1. The van der Waals surface area contributed by atoms with E-state index in [0.29, 0.717) is 26.3 Å². The second-order valence-electron chi connectivity index (χ2n) is 3.87. The third kappa shape index (κ3) is 3.78. The van der Waals surface area contributed by atoms with Crippen LogP contribution in [-0.2, 0) is 21.3 Å². The predicted molar refractivity (Wildman–Crippen MR) is 70.6 cm³/mol. The van der Waals surface area contributed by atoms with E-state index in [1.807, 2.05) is 6.92 Å².